The summed E-state index contributed by atoms with van der Waals surface area (Å²) in [5.41, 5.74) is 3.21. The number of thiazole rings is 1. The average molecular weight is 504 g/mol. The Morgan fingerprint density at radius 3 is 2.43 bits per heavy atom. The molecule has 0 radical (unpaired) electrons. The van der Waals surface area contributed by atoms with Gasteiger partial charge in [-0.2, -0.15) is 10.1 Å². The Morgan fingerprint density at radius 2 is 1.71 bits per heavy atom. The Labute approximate surface area is 206 Å². The number of nitrogens with two attached hydrogens (primary N) is 1. The van der Waals surface area contributed by atoms with Crippen molar-refractivity contribution in [2.45, 2.75) is 11.3 Å². The maximum Gasteiger partial charge on any atom is 0.264 e. The van der Waals surface area contributed by atoms with Crippen LogP contribution in [0.3, 0.4) is 0 Å². The van der Waals surface area contributed by atoms with E-state index in [1.165, 1.54) is 28.5 Å². The smallest absolute Gasteiger partial charge is 0.264 e. The van der Waals surface area contributed by atoms with Crippen LogP contribution < -0.4 is 10.1 Å². The van der Waals surface area contributed by atoms with Crippen LogP contribution >= 0.6 is 11.3 Å². The maximum absolute atomic E-state index is 13.4. The quantitative estimate of drug-likeness (QED) is 0.388. The predicted molar refractivity (Wildman–Crippen MR) is 138 cm³/mol. The minimum absolute atomic E-state index is 0.0694. The topological polar surface area (TPSA) is 118 Å². The SMILES string of the molecule is NS(=O)(=O)c1ccc(CCN=C[C@H]2C(=O)N(c3nc4ccccc4s3)N=C2c2ccccc2)cc1. The van der Waals surface area contributed by atoms with Crippen LogP contribution in [-0.2, 0) is 21.2 Å². The number of benzene rings is 3. The van der Waals surface area contributed by atoms with Crippen molar-refractivity contribution in [2.24, 2.45) is 21.2 Å². The number of aliphatic imine (C=N–C) groups is 1. The molecule has 1 amide bonds. The molecule has 0 bridgehead atoms. The number of anilines is 1. The Morgan fingerprint density at radius 1 is 1.00 bits per heavy atom. The molecule has 1 aromatic heterocycles. The van der Waals surface area contributed by atoms with Crippen molar-refractivity contribution in [1.82, 2.24) is 4.98 Å². The fraction of sp³-hybridized carbons (Fsp3) is 0.120. The van der Waals surface area contributed by atoms with Gasteiger partial charge in [0.05, 0.1) is 20.8 Å². The molecule has 10 heteroatoms. The summed E-state index contributed by atoms with van der Waals surface area (Å²) in [4.78, 5) is 22.5. The van der Waals surface area contributed by atoms with E-state index >= 15 is 0 Å². The first-order chi connectivity index (χ1) is 16.9. The van der Waals surface area contributed by atoms with Crippen LogP contribution in [-0.4, -0.2) is 37.8 Å². The molecule has 8 nitrogen and oxygen atoms in total. The molecule has 0 fully saturated rings. The second kappa shape index (κ2) is 9.49. The third kappa shape index (κ3) is 4.90. The Balaban J connectivity index is 1.36. The number of amides is 1. The van der Waals surface area contributed by atoms with Crippen LogP contribution in [0.2, 0.25) is 0 Å². The molecule has 176 valence electrons. The zero-order valence-corrected chi connectivity index (χ0v) is 20.1. The van der Waals surface area contributed by atoms with E-state index in [-0.39, 0.29) is 10.8 Å². The first-order valence-corrected chi connectivity index (χ1v) is 13.2. The highest BCUT2D eigenvalue weighted by molar-refractivity contribution is 7.89. The van der Waals surface area contributed by atoms with Gasteiger partial charge in [-0.05, 0) is 41.8 Å². The van der Waals surface area contributed by atoms with Crippen LogP contribution in [0.4, 0.5) is 5.13 Å². The van der Waals surface area contributed by atoms with Gasteiger partial charge in [-0.25, -0.2) is 18.5 Å². The fourth-order valence-electron chi connectivity index (χ4n) is 3.76. The molecular formula is C25H21N5O3S2. The number of nitrogens with zero attached hydrogens (tertiary/aromatic N) is 4. The molecule has 1 aliphatic heterocycles. The highest BCUT2D eigenvalue weighted by Crippen LogP contribution is 2.33. The van der Waals surface area contributed by atoms with Crippen LogP contribution in [0.5, 0.6) is 0 Å². The fourth-order valence-corrected chi connectivity index (χ4v) is 5.19. The molecule has 0 saturated heterocycles. The molecule has 1 atom stereocenters. The zero-order chi connectivity index (χ0) is 24.4. The Hall–Kier alpha value is -3.73. The molecule has 2 heterocycles. The van der Waals surface area contributed by atoms with Gasteiger partial charge >= 0.3 is 0 Å². The van der Waals surface area contributed by atoms with E-state index in [1.807, 2.05) is 54.6 Å². The maximum atomic E-state index is 13.4. The van der Waals surface area contributed by atoms with Gasteiger partial charge in [-0.15, -0.1) is 0 Å². The minimum atomic E-state index is -3.72. The molecule has 5 rings (SSSR count). The number of carbonyl (C=O) groups excluding carboxylic acids is 1. The summed E-state index contributed by atoms with van der Waals surface area (Å²) in [5.74, 6) is -0.835. The average Bonchev–Trinajstić information content (AvgIpc) is 3.43. The first kappa shape index (κ1) is 23.0. The second-order valence-electron chi connectivity index (χ2n) is 7.94. The molecule has 0 aliphatic carbocycles. The number of primary sulfonamides is 1. The monoisotopic (exact) mass is 503 g/mol. The number of para-hydroxylation sites is 1. The third-order valence-electron chi connectivity index (χ3n) is 5.55. The highest BCUT2D eigenvalue weighted by atomic mass is 32.2. The number of carbonyl (C=O) groups is 1. The zero-order valence-electron chi connectivity index (χ0n) is 18.5. The van der Waals surface area contributed by atoms with Gasteiger partial charge < -0.3 is 0 Å². The van der Waals surface area contributed by atoms with Gasteiger partial charge in [0.25, 0.3) is 5.91 Å². The summed E-state index contributed by atoms with van der Waals surface area (Å²) in [5, 5.41) is 11.7. The number of fused-ring (bicyclic) bond motifs is 1. The van der Waals surface area contributed by atoms with Crippen molar-refractivity contribution in [3.05, 3.63) is 90.0 Å². The van der Waals surface area contributed by atoms with Crippen LogP contribution in [0.25, 0.3) is 10.2 Å². The van der Waals surface area contributed by atoms with Crippen LogP contribution in [0.15, 0.2) is 93.9 Å². The van der Waals surface area contributed by atoms with E-state index in [9.17, 15) is 13.2 Å². The Bertz CT molecular complexity index is 1510. The summed E-state index contributed by atoms with van der Waals surface area (Å²) >= 11 is 1.42. The van der Waals surface area contributed by atoms with Gasteiger partial charge in [0.2, 0.25) is 15.2 Å². The van der Waals surface area contributed by atoms with E-state index in [4.69, 9.17) is 5.14 Å². The molecule has 4 aromatic rings. The van der Waals surface area contributed by atoms with E-state index in [0.717, 1.165) is 21.3 Å². The second-order valence-corrected chi connectivity index (χ2v) is 10.5. The summed E-state index contributed by atoms with van der Waals surface area (Å²) < 4.78 is 23.8. The molecule has 0 unspecified atom stereocenters. The molecule has 0 saturated carbocycles. The summed E-state index contributed by atoms with van der Waals surface area (Å²) in [6, 6.07) is 23.7. The van der Waals surface area contributed by atoms with Crippen molar-refractivity contribution in [3.8, 4) is 0 Å². The number of hydrazone groups is 1. The molecule has 35 heavy (non-hydrogen) atoms. The number of sulfonamides is 1. The van der Waals surface area contributed by atoms with Gasteiger partial charge in [-0.1, -0.05) is 65.9 Å². The van der Waals surface area contributed by atoms with Crippen molar-refractivity contribution < 1.29 is 13.2 Å². The predicted octanol–water partition coefficient (Wildman–Crippen LogP) is 3.62. The molecule has 2 N–H and O–H groups in total. The van der Waals surface area contributed by atoms with E-state index in [0.29, 0.717) is 23.8 Å². The Kier molecular flexibility index (Phi) is 6.25. The lowest BCUT2D eigenvalue weighted by Gasteiger charge is -2.08. The molecule has 1 aliphatic rings. The van der Waals surface area contributed by atoms with Gasteiger partial charge in [0, 0.05) is 12.8 Å². The van der Waals surface area contributed by atoms with Gasteiger partial charge in [0.1, 0.15) is 5.92 Å². The largest absolute Gasteiger partial charge is 0.296 e. The van der Waals surface area contributed by atoms with Gasteiger partial charge in [0.15, 0.2) is 0 Å². The van der Waals surface area contributed by atoms with Crippen molar-refractivity contribution in [3.63, 3.8) is 0 Å². The summed E-state index contributed by atoms with van der Waals surface area (Å²) in [6.07, 6.45) is 2.22. The lowest BCUT2D eigenvalue weighted by Crippen LogP contribution is -2.28. The van der Waals surface area contributed by atoms with Gasteiger partial charge in [-0.3, -0.25) is 9.79 Å². The number of hydrogen-bond acceptors (Lipinski definition) is 7. The lowest BCUT2D eigenvalue weighted by molar-refractivity contribution is -0.118. The normalized spacial score (nSPS) is 16.4. The van der Waals surface area contributed by atoms with E-state index in [1.54, 1.807) is 18.3 Å². The van der Waals surface area contributed by atoms with Crippen molar-refractivity contribution >= 4 is 54.5 Å². The van der Waals surface area contributed by atoms with E-state index < -0.39 is 15.9 Å². The number of hydrogen-bond donors (Lipinski definition) is 1. The van der Waals surface area contributed by atoms with Crippen LogP contribution in [0, 0.1) is 5.92 Å². The number of aromatic nitrogens is 1. The molecular weight excluding hydrogens is 482 g/mol. The lowest BCUT2D eigenvalue weighted by atomic mass is 9.98. The summed E-state index contributed by atoms with van der Waals surface area (Å²) in [6.45, 7) is 0.432. The van der Waals surface area contributed by atoms with Crippen LogP contribution in [0.1, 0.15) is 11.1 Å². The standard InChI is InChI=1S/C25H21N5O3S2/c26-35(32,33)19-12-10-17(11-13-19)14-15-27-16-20-23(18-6-2-1-3-7-18)29-30(24(20)31)25-28-21-8-4-5-9-22(21)34-25/h1-13,16,20H,14-15H2,(H2,26,32,33)/t20-/m1/s1. The highest BCUT2D eigenvalue weighted by Gasteiger charge is 2.37. The first-order valence-electron chi connectivity index (χ1n) is 10.9. The third-order valence-corrected chi connectivity index (χ3v) is 7.49. The van der Waals surface area contributed by atoms with E-state index in [2.05, 4.69) is 15.1 Å². The van der Waals surface area contributed by atoms with Crippen molar-refractivity contribution in [1.29, 1.82) is 0 Å². The minimum Gasteiger partial charge on any atom is -0.296 e. The number of rotatable bonds is 7. The molecule has 0 spiro atoms. The summed E-state index contributed by atoms with van der Waals surface area (Å²) in [7, 11) is -3.72. The van der Waals surface area contributed by atoms with Crippen molar-refractivity contribution in [2.75, 3.05) is 11.6 Å². The molecule has 3 aromatic carbocycles.